The summed E-state index contributed by atoms with van der Waals surface area (Å²) in [7, 11) is 0. The second-order valence-electron chi connectivity index (χ2n) is 3.64. The molecule has 1 aromatic rings. The summed E-state index contributed by atoms with van der Waals surface area (Å²) in [4.78, 5) is 11.3. The Bertz CT molecular complexity index is 302. The second kappa shape index (κ2) is 5.58. The van der Waals surface area contributed by atoms with Crippen LogP contribution >= 0.6 is 0 Å². The Balaban J connectivity index is 0.000000293. The van der Waals surface area contributed by atoms with Gasteiger partial charge in [0.25, 0.3) is 0 Å². The number of Topliss-reactive ketones (excluding diaryl/α,β-unsaturated/α-hetero) is 1. The number of hydrogen-bond acceptors (Lipinski definition) is 1. The van der Waals surface area contributed by atoms with Gasteiger partial charge < -0.3 is 0 Å². The lowest BCUT2D eigenvalue weighted by molar-refractivity contribution is 0.0972. The molecule has 0 radical (unpaired) electrons. The monoisotopic (exact) mass is 190 g/mol. The minimum atomic E-state index is 0.312. The molecule has 1 heteroatoms. The van der Waals surface area contributed by atoms with Crippen molar-refractivity contribution in [2.45, 2.75) is 39.5 Å². The van der Waals surface area contributed by atoms with E-state index in [1.165, 1.54) is 12.0 Å². The van der Waals surface area contributed by atoms with Crippen LogP contribution in [0.25, 0.3) is 0 Å². The van der Waals surface area contributed by atoms with E-state index in [9.17, 15) is 4.79 Å². The number of rotatable bonds is 0. The zero-order valence-corrected chi connectivity index (χ0v) is 9.05. The van der Waals surface area contributed by atoms with Crippen molar-refractivity contribution >= 4 is 5.78 Å². The molecule has 0 fully saturated rings. The molecule has 0 saturated heterocycles. The number of hydrogen-bond donors (Lipinski definition) is 0. The van der Waals surface area contributed by atoms with E-state index in [1.807, 2.05) is 24.3 Å². The Morgan fingerprint density at radius 1 is 1.14 bits per heavy atom. The lowest BCUT2D eigenvalue weighted by atomic mass is 9.91. The van der Waals surface area contributed by atoms with Gasteiger partial charge in [0.05, 0.1) is 0 Å². The molecule has 0 heterocycles. The summed E-state index contributed by atoms with van der Waals surface area (Å²) in [6.07, 6.45) is 4.08. The highest BCUT2D eigenvalue weighted by Crippen LogP contribution is 2.19. The smallest absolute Gasteiger partial charge is 0.163 e. The van der Waals surface area contributed by atoms with Gasteiger partial charge in [-0.15, -0.1) is 0 Å². The van der Waals surface area contributed by atoms with Crippen molar-refractivity contribution in [3.05, 3.63) is 35.4 Å². The molecule has 0 saturated carbocycles. The number of carbonyl (C=O) groups is 1. The summed E-state index contributed by atoms with van der Waals surface area (Å²) in [5.41, 5.74) is 2.17. The zero-order chi connectivity index (χ0) is 10.4. The molecule has 0 atom stereocenters. The van der Waals surface area contributed by atoms with Gasteiger partial charge in [0.2, 0.25) is 0 Å². The van der Waals surface area contributed by atoms with Crippen molar-refractivity contribution in [1.29, 1.82) is 0 Å². The molecule has 1 aliphatic rings. The topological polar surface area (TPSA) is 17.1 Å². The second-order valence-corrected chi connectivity index (χ2v) is 3.64. The van der Waals surface area contributed by atoms with Gasteiger partial charge >= 0.3 is 0 Å². The van der Waals surface area contributed by atoms with Crippen molar-refractivity contribution in [3.63, 3.8) is 0 Å². The molecule has 0 N–H and O–H groups in total. The van der Waals surface area contributed by atoms with Gasteiger partial charge in [-0.05, 0) is 18.4 Å². The highest BCUT2D eigenvalue weighted by Gasteiger charge is 2.14. The fourth-order valence-corrected chi connectivity index (χ4v) is 1.58. The molecule has 76 valence electrons. The van der Waals surface area contributed by atoms with E-state index in [0.717, 1.165) is 24.8 Å². The first-order valence-electron chi connectivity index (χ1n) is 5.40. The zero-order valence-electron chi connectivity index (χ0n) is 9.05. The Hall–Kier alpha value is -1.11. The van der Waals surface area contributed by atoms with Crippen molar-refractivity contribution in [3.8, 4) is 0 Å². The molecule has 0 aromatic heterocycles. The van der Waals surface area contributed by atoms with Crippen molar-refractivity contribution in [1.82, 2.24) is 0 Å². The molecule has 14 heavy (non-hydrogen) atoms. The van der Waals surface area contributed by atoms with E-state index < -0.39 is 0 Å². The summed E-state index contributed by atoms with van der Waals surface area (Å²) in [5, 5.41) is 0. The summed E-state index contributed by atoms with van der Waals surface area (Å²) in [5.74, 6) is 0.312. The average Bonchev–Trinajstić information content (AvgIpc) is 2.20. The number of carbonyl (C=O) groups excluding carboxylic acids is 1. The summed E-state index contributed by atoms with van der Waals surface area (Å²) >= 11 is 0. The van der Waals surface area contributed by atoms with Crippen LogP contribution in [-0.2, 0) is 6.42 Å². The fourth-order valence-electron chi connectivity index (χ4n) is 1.58. The number of aryl methyl sites for hydroxylation is 1. The Labute approximate surface area is 86.1 Å². The maximum atomic E-state index is 11.3. The molecule has 0 amide bonds. The van der Waals surface area contributed by atoms with Gasteiger partial charge in [-0.3, -0.25) is 4.79 Å². The van der Waals surface area contributed by atoms with Crippen molar-refractivity contribution in [2.75, 3.05) is 0 Å². The van der Waals surface area contributed by atoms with E-state index in [1.54, 1.807) is 0 Å². The predicted octanol–water partition coefficient (Wildman–Crippen LogP) is 3.62. The van der Waals surface area contributed by atoms with E-state index in [2.05, 4.69) is 13.8 Å². The first-order chi connectivity index (χ1) is 6.79. The third kappa shape index (κ3) is 2.69. The first kappa shape index (κ1) is 11.0. The van der Waals surface area contributed by atoms with E-state index in [-0.39, 0.29) is 0 Å². The fraction of sp³-hybridized carbons (Fsp3) is 0.462. The van der Waals surface area contributed by atoms with Crippen LogP contribution < -0.4 is 0 Å². The minimum absolute atomic E-state index is 0.312. The maximum Gasteiger partial charge on any atom is 0.163 e. The average molecular weight is 190 g/mol. The third-order valence-corrected chi connectivity index (χ3v) is 2.17. The normalized spacial score (nSPS) is 14.0. The van der Waals surface area contributed by atoms with Crippen LogP contribution in [0.2, 0.25) is 0 Å². The van der Waals surface area contributed by atoms with Gasteiger partial charge in [-0.2, -0.15) is 0 Å². The van der Waals surface area contributed by atoms with Gasteiger partial charge in [-0.25, -0.2) is 0 Å². The lowest BCUT2D eigenvalue weighted by Crippen LogP contribution is -2.09. The quantitative estimate of drug-likeness (QED) is 0.610. The Morgan fingerprint density at radius 2 is 1.79 bits per heavy atom. The van der Waals surface area contributed by atoms with Crippen LogP contribution in [-0.4, -0.2) is 5.78 Å². The SMILES string of the molecule is CCC.O=C1CCCc2ccccc21. The van der Waals surface area contributed by atoms with Crippen LogP contribution in [0.1, 0.15) is 49.0 Å². The van der Waals surface area contributed by atoms with E-state index >= 15 is 0 Å². The van der Waals surface area contributed by atoms with Gasteiger partial charge in [0, 0.05) is 12.0 Å². The molecule has 0 unspecified atom stereocenters. The molecule has 0 spiro atoms. The van der Waals surface area contributed by atoms with Crippen LogP contribution in [0, 0.1) is 0 Å². The van der Waals surface area contributed by atoms with Crippen LogP contribution in [0.4, 0.5) is 0 Å². The van der Waals surface area contributed by atoms with Crippen LogP contribution in [0.15, 0.2) is 24.3 Å². The van der Waals surface area contributed by atoms with E-state index in [4.69, 9.17) is 0 Å². The molecule has 2 rings (SSSR count). The maximum absolute atomic E-state index is 11.3. The molecule has 1 aliphatic carbocycles. The number of ketones is 1. The largest absolute Gasteiger partial charge is 0.294 e. The van der Waals surface area contributed by atoms with Gasteiger partial charge in [-0.1, -0.05) is 44.5 Å². The minimum Gasteiger partial charge on any atom is -0.294 e. The molecular formula is C13H18O. The summed E-state index contributed by atoms with van der Waals surface area (Å²) in [6.45, 7) is 4.25. The summed E-state index contributed by atoms with van der Waals surface area (Å²) < 4.78 is 0. The third-order valence-electron chi connectivity index (χ3n) is 2.17. The highest BCUT2D eigenvalue weighted by molar-refractivity contribution is 5.98. The Kier molecular flexibility index (Phi) is 4.37. The molecule has 1 nitrogen and oxygen atoms in total. The van der Waals surface area contributed by atoms with Crippen LogP contribution in [0.3, 0.4) is 0 Å². The molecule has 1 aromatic carbocycles. The molecular weight excluding hydrogens is 172 g/mol. The van der Waals surface area contributed by atoms with Crippen molar-refractivity contribution < 1.29 is 4.79 Å². The predicted molar refractivity (Wildman–Crippen MR) is 59.7 cm³/mol. The van der Waals surface area contributed by atoms with E-state index in [0.29, 0.717) is 5.78 Å². The van der Waals surface area contributed by atoms with Crippen molar-refractivity contribution in [2.24, 2.45) is 0 Å². The molecule has 0 bridgehead atoms. The first-order valence-corrected chi connectivity index (χ1v) is 5.40. The highest BCUT2D eigenvalue weighted by atomic mass is 16.1. The van der Waals surface area contributed by atoms with Gasteiger partial charge in [0.1, 0.15) is 0 Å². The Morgan fingerprint density at radius 3 is 2.43 bits per heavy atom. The lowest BCUT2D eigenvalue weighted by Gasteiger charge is -2.12. The molecule has 0 aliphatic heterocycles. The number of benzene rings is 1. The van der Waals surface area contributed by atoms with Crippen LogP contribution in [0.5, 0.6) is 0 Å². The summed E-state index contributed by atoms with van der Waals surface area (Å²) in [6, 6.07) is 7.91. The number of fused-ring (bicyclic) bond motifs is 1. The van der Waals surface area contributed by atoms with Gasteiger partial charge in [0.15, 0.2) is 5.78 Å². The standard InChI is InChI=1S/C10H10O.C3H8/c11-10-7-3-5-8-4-1-2-6-9(8)10;1-3-2/h1-2,4,6H,3,5,7H2;3H2,1-2H3.